The molecule has 140 valence electrons. The minimum absolute atomic E-state index is 0.156. The van der Waals surface area contributed by atoms with Crippen LogP contribution in [0.25, 0.3) is 0 Å². The number of rotatable bonds is 6. The summed E-state index contributed by atoms with van der Waals surface area (Å²) in [7, 11) is 0. The molecule has 3 rings (SSSR count). The van der Waals surface area contributed by atoms with E-state index in [4.69, 9.17) is 4.52 Å². The second kappa shape index (κ2) is 8.27. The summed E-state index contributed by atoms with van der Waals surface area (Å²) >= 11 is 0. The second-order valence-electron chi connectivity index (χ2n) is 6.93. The maximum absolute atomic E-state index is 12.3. The third kappa shape index (κ3) is 4.37. The molecule has 2 N–H and O–H groups in total. The second-order valence-corrected chi connectivity index (χ2v) is 6.93. The number of piperidine rings is 1. The fourth-order valence-corrected chi connectivity index (χ4v) is 2.96. The normalized spacial score (nSPS) is 17.5. The number of aliphatic hydroxyl groups is 1. The number of hydrogen-bond donors (Lipinski definition) is 2. The number of pyridine rings is 1. The van der Waals surface area contributed by atoms with E-state index in [1.807, 2.05) is 19.9 Å². The highest BCUT2D eigenvalue weighted by Gasteiger charge is 2.20. The molecule has 2 aromatic rings. The molecular weight excluding hydrogens is 334 g/mol. The summed E-state index contributed by atoms with van der Waals surface area (Å²) in [6, 6.07) is 3.61. The van der Waals surface area contributed by atoms with E-state index >= 15 is 0 Å². The molecule has 8 nitrogen and oxygen atoms in total. The summed E-state index contributed by atoms with van der Waals surface area (Å²) in [6.45, 7) is 6.06. The highest BCUT2D eigenvalue weighted by molar-refractivity contribution is 5.93. The van der Waals surface area contributed by atoms with Crippen LogP contribution < -0.4 is 10.2 Å². The summed E-state index contributed by atoms with van der Waals surface area (Å²) in [5, 5.41) is 16.0. The van der Waals surface area contributed by atoms with E-state index in [-0.39, 0.29) is 25.0 Å². The van der Waals surface area contributed by atoms with Crippen LogP contribution in [0, 0.1) is 5.92 Å². The van der Waals surface area contributed by atoms with Crippen molar-refractivity contribution in [2.45, 2.75) is 39.2 Å². The van der Waals surface area contributed by atoms with Gasteiger partial charge in [-0.1, -0.05) is 19.0 Å². The van der Waals surface area contributed by atoms with E-state index in [2.05, 4.69) is 25.3 Å². The monoisotopic (exact) mass is 359 g/mol. The van der Waals surface area contributed by atoms with E-state index in [1.165, 1.54) is 0 Å². The van der Waals surface area contributed by atoms with E-state index in [1.54, 1.807) is 12.3 Å². The Morgan fingerprint density at radius 3 is 2.96 bits per heavy atom. The van der Waals surface area contributed by atoms with Gasteiger partial charge in [0.05, 0.1) is 12.1 Å². The molecule has 3 heterocycles. The predicted molar refractivity (Wildman–Crippen MR) is 95.8 cm³/mol. The fraction of sp³-hybridized carbons (Fsp3) is 0.556. The quantitative estimate of drug-likeness (QED) is 0.809. The molecule has 26 heavy (non-hydrogen) atoms. The Kier molecular flexibility index (Phi) is 5.82. The highest BCUT2D eigenvalue weighted by Crippen LogP contribution is 2.21. The zero-order chi connectivity index (χ0) is 18.5. The Bertz CT molecular complexity index is 729. The number of carbonyl (C=O) groups excluding carboxylic acids is 1. The maximum atomic E-state index is 12.3. The van der Waals surface area contributed by atoms with Gasteiger partial charge >= 0.3 is 0 Å². The van der Waals surface area contributed by atoms with Crippen LogP contribution in [0.5, 0.6) is 0 Å². The number of aromatic nitrogens is 3. The molecule has 0 spiro atoms. The molecule has 0 bridgehead atoms. The Balaban J connectivity index is 1.56. The van der Waals surface area contributed by atoms with Crippen molar-refractivity contribution in [2.24, 2.45) is 5.92 Å². The standard InChI is InChI=1S/C18H25N5O3/c1-12(2)18-21-15(22-26-18)9-20-17(25)14-5-6-16(19-8-14)23-7-3-4-13(10-23)11-24/h5-6,8,12-13,24H,3-4,7,9-11H2,1-2H3,(H,20,25)/t13-/m0/s1. The smallest absolute Gasteiger partial charge is 0.253 e. The molecular formula is C18H25N5O3. The van der Waals surface area contributed by atoms with Gasteiger partial charge in [-0.05, 0) is 30.9 Å². The first-order valence-electron chi connectivity index (χ1n) is 8.99. The van der Waals surface area contributed by atoms with Crippen molar-refractivity contribution < 1.29 is 14.4 Å². The van der Waals surface area contributed by atoms with Gasteiger partial charge in [-0.2, -0.15) is 4.98 Å². The predicted octanol–water partition coefficient (Wildman–Crippen LogP) is 1.73. The summed E-state index contributed by atoms with van der Waals surface area (Å²) < 4.78 is 5.12. The first kappa shape index (κ1) is 18.3. The van der Waals surface area contributed by atoms with E-state index < -0.39 is 0 Å². The molecule has 1 aliphatic rings. The van der Waals surface area contributed by atoms with Gasteiger partial charge < -0.3 is 19.8 Å². The molecule has 0 unspecified atom stereocenters. The van der Waals surface area contributed by atoms with Gasteiger partial charge in [0.15, 0.2) is 5.82 Å². The van der Waals surface area contributed by atoms with E-state index in [9.17, 15) is 9.90 Å². The zero-order valence-electron chi connectivity index (χ0n) is 15.2. The maximum Gasteiger partial charge on any atom is 0.253 e. The van der Waals surface area contributed by atoms with Crippen LogP contribution in [-0.2, 0) is 6.54 Å². The van der Waals surface area contributed by atoms with Crippen LogP contribution >= 0.6 is 0 Å². The number of anilines is 1. The summed E-state index contributed by atoms with van der Waals surface area (Å²) in [5.74, 6) is 2.06. The number of nitrogens with one attached hydrogen (secondary N) is 1. The minimum Gasteiger partial charge on any atom is -0.396 e. The van der Waals surface area contributed by atoms with Crippen molar-refractivity contribution in [1.29, 1.82) is 0 Å². The average Bonchev–Trinajstić information content (AvgIpc) is 3.16. The van der Waals surface area contributed by atoms with Crippen LogP contribution in [0.2, 0.25) is 0 Å². The molecule has 2 aromatic heterocycles. The molecule has 1 fully saturated rings. The third-order valence-corrected chi connectivity index (χ3v) is 4.50. The lowest BCUT2D eigenvalue weighted by atomic mass is 9.99. The first-order valence-corrected chi connectivity index (χ1v) is 8.99. The molecule has 1 aliphatic heterocycles. The summed E-state index contributed by atoms with van der Waals surface area (Å²) in [5.41, 5.74) is 0.483. The number of amides is 1. The van der Waals surface area contributed by atoms with Crippen molar-refractivity contribution in [3.05, 3.63) is 35.6 Å². The van der Waals surface area contributed by atoms with Crippen LogP contribution in [0.3, 0.4) is 0 Å². The number of carbonyl (C=O) groups is 1. The lowest BCUT2D eigenvalue weighted by Crippen LogP contribution is -2.37. The lowest BCUT2D eigenvalue weighted by Gasteiger charge is -2.32. The van der Waals surface area contributed by atoms with Gasteiger partial charge in [0, 0.05) is 31.8 Å². The van der Waals surface area contributed by atoms with Gasteiger partial charge in [-0.25, -0.2) is 4.98 Å². The molecule has 1 atom stereocenters. The Labute approximate surface area is 152 Å². The van der Waals surface area contributed by atoms with E-state index in [0.717, 1.165) is 31.7 Å². The topological polar surface area (TPSA) is 104 Å². The van der Waals surface area contributed by atoms with Gasteiger partial charge in [0.2, 0.25) is 5.89 Å². The van der Waals surface area contributed by atoms with Gasteiger partial charge in [0.1, 0.15) is 5.82 Å². The van der Waals surface area contributed by atoms with Crippen molar-refractivity contribution >= 4 is 11.7 Å². The molecule has 0 aromatic carbocycles. The van der Waals surface area contributed by atoms with Gasteiger partial charge in [-0.3, -0.25) is 4.79 Å². The summed E-state index contributed by atoms with van der Waals surface area (Å²) in [4.78, 5) is 23.1. The van der Waals surface area contributed by atoms with Crippen molar-refractivity contribution in [2.75, 3.05) is 24.6 Å². The Morgan fingerprint density at radius 2 is 2.31 bits per heavy atom. The van der Waals surface area contributed by atoms with Crippen LogP contribution in [0.1, 0.15) is 54.7 Å². The Hall–Kier alpha value is -2.48. The average molecular weight is 359 g/mol. The SMILES string of the molecule is CC(C)c1nc(CNC(=O)c2ccc(N3CCC[C@H](CO)C3)nc2)no1. The van der Waals surface area contributed by atoms with Gasteiger partial charge in [-0.15, -0.1) is 0 Å². The lowest BCUT2D eigenvalue weighted by molar-refractivity contribution is 0.0949. The minimum atomic E-state index is -0.230. The first-order chi connectivity index (χ1) is 12.6. The molecule has 0 radical (unpaired) electrons. The molecule has 1 amide bonds. The molecule has 8 heteroatoms. The van der Waals surface area contributed by atoms with Gasteiger partial charge in [0.25, 0.3) is 5.91 Å². The number of nitrogens with zero attached hydrogens (tertiary/aromatic N) is 4. The molecule has 0 saturated carbocycles. The fourth-order valence-electron chi connectivity index (χ4n) is 2.96. The largest absolute Gasteiger partial charge is 0.396 e. The van der Waals surface area contributed by atoms with Crippen LogP contribution in [0.4, 0.5) is 5.82 Å². The zero-order valence-corrected chi connectivity index (χ0v) is 15.2. The molecule has 0 aliphatic carbocycles. The highest BCUT2D eigenvalue weighted by atomic mass is 16.5. The van der Waals surface area contributed by atoms with Crippen molar-refractivity contribution in [3.63, 3.8) is 0 Å². The van der Waals surface area contributed by atoms with Crippen molar-refractivity contribution in [1.82, 2.24) is 20.4 Å². The number of hydrogen-bond acceptors (Lipinski definition) is 7. The number of aliphatic hydroxyl groups excluding tert-OH is 1. The summed E-state index contributed by atoms with van der Waals surface area (Å²) in [6.07, 6.45) is 3.66. The van der Waals surface area contributed by atoms with E-state index in [0.29, 0.717) is 23.2 Å². The van der Waals surface area contributed by atoms with Crippen LogP contribution in [-0.4, -0.2) is 45.8 Å². The third-order valence-electron chi connectivity index (χ3n) is 4.50. The molecule has 1 saturated heterocycles. The Morgan fingerprint density at radius 1 is 1.46 bits per heavy atom. The van der Waals surface area contributed by atoms with Crippen LogP contribution in [0.15, 0.2) is 22.9 Å². The van der Waals surface area contributed by atoms with Crippen molar-refractivity contribution in [3.8, 4) is 0 Å².